The van der Waals surface area contributed by atoms with E-state index in [0.29, 0.717) is 0 Å². The minimum Gasteiger partial charge on any atom is -0.308 e. The first kappa shape index (κ1) is 15.1. The van der Waals surface area contributed by atoms with Gasteiger partial charge in [0.25, 0.3) is 0 Å². The van der Waals surface area contributed by atoms with Crippen molar-refractivity contribution < 1.29 is 4.79 Å². The van der Waals surface area contributed by atoms with Crippen LogP contribution in [0.2, 0.25) is 0 Å². The van der Waals surface area contributed by atoms with Crippen molar-refractivity contribution in [2.45, 2.75) is 13.8 Å². The quantitative estimate of drug-likeness (QED) is 0.756. The van der Waals surface area contributed by atoms with Gasteiger partial charge in [-0.3, -0.25) is 4.79 Å². The molecule has 0 unspecified atom stereocenters. The lowest BCUT2D eigenvalue weighted by molar-refractivity contribution is 0.0797. The van der Waals surface area contributed by atoms with E-state index in [4.69, 9.17) is 0 Å². The van der Waals surface area contributed by atoms with Gasteiger partial charge in [-0.25, -0.2) is 0 Å². The van der Waals surface area contributed by atoms with Crippen LogP contribution in [0, 0.1) is 5.41 Å². The van der Waals surface area contributed by atoms with Crippen molar-refractivity contribution in [1.82, 2.24) is 4.90 Å². The van der Waals surface area contributed by atoms with Gasteiger partial charge in [-0.1, -0.05) is 44.2 Å². The molecule has 0 aliphatic carbocycles. The molecule has 16 heavy (non-hydrogen) atoms. The van der Waals surface area contributed by atoms with Crippen molar-refractivity contribution in [2.75, 3.05) is 20.6 Å². The zero-order chi connectivity index (χ0) is 11.5. The van der Waals surface area contributed by atoms with Crippen LogP contribution in [0.1, 0.15) is 24.2 Å². The second-order valence-electron chi connectivity index (χ2n) is 4.82. The van der Waals surface area contributed by atoms with Crippen LogP contribution >= 0.6 is 12.4 Å². The third-order valence-electron chi connectivity index (χ3n) is 2.36. The van der Waals surface area contributed by atoms with E-state index >= 15 is 0 Å². The summed E-state index contributed by atoms with van der Waals surface area (Å²) in [5.74, 6) is 0.205. The van der Waals surface area contributed by atoms with Gasteiger partial charge in [-0.2, -0.15) is 0 Å². The molecular weight excluding hydrogens is 222 g/mol. The summed E-state index contributed by atoms with van der Waals surface area (Å²) in [6, 6.07) is 9.48. The van der Waals surface area contributed by atoms with Crippen molar-refractivity contribution in [3.63, 3.8) is 0 Å². The lowest BCUT2D eigenvalue weighted by atomic mass is 9.84. The number of hydrogen-bond acceptors (Lipinski definition) is 2. The monoisotopic (exact) mass is 241 g/mol. The number of carbonyl (C=O) groups excluding carboxylic acids is 1. The summed E-state index contributed by atoms with van der Waals surface area (Å²) in [5, 5.41) is 0. The molecule has 0 amide bonds. The molecule has 0 aromatic heterocycles. The Balaban J connectivity index is 0.00000225. The molecule has 2 nitrogen and oxygen atoms in total. The van der Waals surface area contributed by atoms with Gasteiger partial charge in [-0.15, -0.1) is 12.4 Å². The van der Waals surface area contributed by atoms with Gasteiger partial charge in [0, 0.05) is 17.5 Å². The molecule has 1 aromatic rings. The van der Waals surface area contributed by atoms with E-state index < -0.39 is 0 Å². The second-order valence-corrected chi connectivity index (χ2v) is 4.82. The van der Waals surface area contributed by atoms with Crippen molar-refractivity contribution in [3.05, 3.63) is 35.9 Å². The lowest BCUT2D eigenvalue weighted by Crippen LogP contribution is -2.35. The summed E-state index contributed by atoms with van der Waals surface area (Å²) in [6.45, 7) is 4.74. The summed E-state index contributed by atoms with van der Waals surface area (Å²) in [4.78, 5) is 14.2. The lowest BCUT2D eigenvalue weighted by Gasteiger charge is -2.26. The minimum absolute atomic E-state index is 0. The predicted molar refractivity (Wildman–Crippen MR) is 70.4 cm³/mol. The molecule has 0 bridgehead atoms. The van der Waals surface area contributed by atoms with Crippen LogP contribution in [-0.4, -0.2) is 31.3 Å². The first-order valence-corrected chi connectivity index (χ1v) is 5.18. The van der Waals surface area contributed by atoms with Crippen molar-refractivity contribution >= 4 is 18.2 Å². The molecule has 0 saturated carbocycles. The molecule has 0 aliphatic heterocycles. The van der Waals surface area contributed by atoms with Gasteiger partial charge in [0.15, 0.2) is 5.78 Å². The van der Waals surface area contributed by atoms with E-state index in [-0.39, 0.29) is 23.6 Å². The Morgan fingerprint density at radius 3 is 2.12 bits per heavy atom. The molecule has 0 aliphatic rings. The van der Waals surface area contributed by atoms with E-state index in [1.165, 1.54) is 0 Å². The number of nitrogens with zero attached hydrogens (tertiary/aromatic N) is 1. The maximum Gasteiger partial charge on any atom is 0.169 e. The van der Waals surface area contributed by atoms with Gasteiger partial charge in [0.05, 0.1) is 0 Å². The Morgan fingerprint density at radius 1 is 1.19 bits per heavy atom. The maximum atomic E-state index is 12.2. The number of ketones is 1. The van der Waals surface area contributed by atoms with Gasteiger partial charge in [-0.05, 0) is 14.1 Å². The largest absolute Gasteiger partial charge is 0.308 e. The van der Waals surface area contributed by atoms with Crippen LogP contribution in [0.5, 0.6) is 0 Å². The highest BCUT2D eigenvalue weighted by Crippen LogP contribution is 2.22. The Kier molecular flexibility index (Phi) is 5.70. The standard InChI is InChI=1S/C13H19NO.ClH/c1-13(2,10-14(3)4)12(15)11-8-6-5-7-9-11;/h5-9H,10H2,1-4H3;1H. The third-order valence-corrected chi connectivity index (χ3v) is 2.36. The fourth-order valence-electron chi connectivity index (χ4n) is 1.84. The predicted octanol–water partition coefficient (Wildman–Crippen LogP) is 2.88. The molecule has 0 N–H and O–H groups in total. The Bertz CT molecular complexity index is 333. The topological polar surface area (TPSA) is 20.3 Å². The number of rotatable bonds is 4. The molecule has 3 heteroatoms. The van der Waals surface area contributed by atoms with Crippen molar-refractivity contribution in [3.8, 4) is 0 Å². The van der Waals surface area contributed by atoms with E-state index in [0.717, 1.165) is 12.1 Å². The van der Waals surface area contributed by atoms with E-state index in [1.54, 1.807) is 0 Å². The van der Waals surface area contributed by atoms with Crippen molar-refractivity contribution in [1.29, 1.82) is 0 Å². The molecule has 0 atom stereocenters. The second kappa shape index (κ2) is 6.02. The van der Waals surface area contributed by atoms with Crippen LogP contribution in [-0.2, 0) is 0 Å². The van der Waals surface area contributed by atoms with Crippen molar-refractivity contribution in [2.24, 2.45) is 5.41 Å². The molecular formula is C13H20ClNO. The highest BCUT2D eigenvalue weighted by molar-refractivity contribution is 6.00. The smallest absolute Gasteiger partial charge is 0.169 e. The molecule has 0 fully saturated rings. The van der Waals surface area contributed by atoms with Gasteiger partial charge >= 0.3 is 0 Å². The molecule has 0 heterocycles. The average Bonchev–Trinajstić information content (AvgIpc) is 2.16. The number of hydrogen-bond donors (Lipinski definition) is 0. The molecule has 90 valence electrons. The normalized spacial score (nSPS) is 11.1. The third kappa shape index (κ3) is 3.95. The van der Waals surface area contributed by atoms with Crippen LogP contribution in [0.15, 0.2) is 30.3 Å². The Labute approximate surface area is 104 Å². The SMILES string of the molecule is CN(C)CC(C)(C)C(=O)c1ccccc1.Cl. The zero-order valence-electron chi connectivity index (χ0n) is 10.4. The molecule has 1 rings (SSSR count). The summed E-state index contributed by atoms with van der Waals surface area (Å²) in [7, 11) is 3.97. The summed E-state index contributed by atoms with van der Waals surface area (Å²) in [5.41, 5.74) is 0.467. The number of Topliss-reactive ketones (excluding diaryl/α,β-unsaturated/α-hetero) is 1. The van der Waals surface area contributed by atoms with Gasteiger partial charge in [0.2, 0.25) is 0 Å². The van der Waals surface area contributed by atoms with E-state index in [2.05, 4.69) is 0 Å². The molecule has 0 spiro atoms. The summed E-state index contributed by atoms with van der Waals surface area (Å²) >= 11 is 0. The maximum absolute atomic E-state index is 12.2. The Morgan fingerprint density at radius 2 is 1.69 bits per heavy atom. The average molecular weight is 242 g/mol. The van der Waals surface area contributed by atoms with Crippen LogP contribution in [0.25, 0.3) is 0 Å². The fraction of sp³-hybridized carbons (Fsp3) is 0.462. The van der Waals surface area contributed by atoms with Gasteiger partial charge < -0.3 is 4.90 Å². The highest BCUT2D eigenvalue weighted by atomic mass is 35.5. The molecule has 1 aromatic carbocycles. The van der Waals surface area contributed by atoms with Gasteiger partial charge in [0.1, 0.15) is 0 Å². The zero-order valence-corrected chi connectivity index (χ0v) is 11.2. The van der Waals surface area contributed by atoms with E-state index in [1.807, 2.05) is 63.2 Å². The van der Waals surface area contributed by atoms with Crippen LogP contribution < -0.4 is 0 Å². The first-order valence-electron chi connectivity index (χ1n) is 5.18. The number of carbonyl (C=O) groups is 1. The number of benzene rings is 1. The highest BCUT2D eigenvalue weighted by Gasteiger charge is 2.28. The first-order chi connectivity index (χ1) is 6.93. The Hall–Kier alpha value is -0.860. The summed E-state index contributed by atoms with van der Waals surface area (Å²) < 4.78 is 0. The van der Waals surface area contributed by atoms with Crippen LogP contribution in [0.4, 0.5) is 0 Å². The molecule has 0 radical (unpaired) electrons. The fourth-order valence-corrected chi connectivity index (χ4v) is 1.84. The van der Waals surface area contributed by atoms with Crippen LogP contribution in [0.3, 0.4) is 0 Å². The molecule has 0 saturated heterocycles. The van der Waals surface area contributed by atoms with E-state index in [9.17, 15) is 4.79 Å². The minimum atomic E-state index is -0.329. The summed E-state index contributed by atoms with van der Waals surface area (Å²) in [6.07, 6.45) is 0. The number of halogens is 1.